The van der Waals surface area contributed by atoms with Gasteiger partial charge in [-0.15, -0.1) is 11.3 Å². The molecule has 0 aliphatic heterocycles. The lowest BCUT2D eigenvalue weighted by Crippen LogP contribution is -2.34. The highest BCUT2D eigenvalue weighted by Gasteiger charge is 2.32. The minimum absolute atomic E-state index is 0.0426. The van der Waals surface area contributed by atoms with Crippen LogP contribution in [0.4, 0.5) is 0 Å². The third-order valence-electron chi connectivity index (χ3n) is 3.61. The molecule has 1 aromatic rings. The van der Waals surface area contributed by atoms with E-state index in [2.05, 4.69) is 17.0 Å². The summed E-state index contributed by atoms with van der Waals surface area (Å²) < 4.78 is 27.6. The molecule has 1 aliphatic rings. The Bertz CT molecular complexity index is 548. The third-order valence-corrected chi connectivity index (χ3v) is 6.47. The Balaban J connectivity index is 2.06. The van der Waals surface area contributed by atoms with E-state index in [9.17, 15) is 8.42 Å². The van der Waals surface area contributed by atoms with Gasteiger partial charge in [0, 0.05) is 22.3 Å². The highest BCUT2D eigenvalue weighted by molar-refractivity contribution is 7.89. The highest BCUT2D eigenvalue weighted by Crippen LogP contribution is 2.33. The van der Waals surface area contributed by atoms with Crippen LogP contribution >= 0.6 is 11.3 Å². The Morgan fingerprint density at radius 2 is 2.15 bits per heavy atom. The van der Waals surface area contributed by atoms with Gasteiger partial charge in [0.2, 0.25) is 10.0 Å². The van der Waals surface area contributed by atoms with E-state index in [0.717, 1.165) is 42.1 Å². The lowest BCUT2D eigenvalue weighted by Gasteiger charge is -2.12. The lowest BCUT2D eigenvalue weighted by molar-refractivity contribution is 0.538. The first-order valence-electron chi connectivity index (χ1n) is 7.26. The summed E-state index contributed by atoms with van der Waals surface area (Å²) in [4.78, 5) is 2.40. The maximum absolute atomic E-state index is 12.4. The Kier molecular flexibility index (Phi) is 5.23. The first-order chi connectivity index (χ1) is 9.44. The fourth-order valence-corrected chi connectivity index (χ4v) is 5.18. The van der Waals surface area contributed by atoms with Gasteiger partial charge in [0.15, 0.2) is 0 Å². The second-order valence-electron chi connectivity index (χ2n) is 5.56. The summed E-state index contributed by atoms with van der Waals surface area (Å²) in [5.74, 6) is 0.523. The average Bonchev–Trinajstić information content (AvgIpc) is 3.13. The Morgan fingerprint density at radius 1 is 1.45 bits per heavy atom. The van der Waals surface area contributed by atoms with Crippen molar-refractivity contribution in [1.29, 1.82) is 0 Å². The van der Waals surface area contributed by atoms with Crippen molar-refractivity contribution in [2.75, 3.05) is 6.54 Å². The fraction of sp³-hybridized carbons (Fsp3) is 0.714. The largest absolute Gasteiger partial charge is 0.312 e. The molecule has 4 nitrogen and oxygen atoms in total. The van der Waals surface area contributed by atoms with Crippen LogP contribution < -0.4 is 10.0 Å². The summed E-state index contributed by atoms with van der Waals surface area (Å²) in [6.07, 6.45) is 3.35. The van der Waals surface area contributed by atoms with Crippen molar-refractivity contribution >= 4 is 21.4 Å². The van der Waals surface area contributed by atoms with E-state index >= 15 is 0 Å². The molecule has 1 saturated carbocycles. The van der Waals surface area contributed by atoms with Gasteiger partial charge in [0.25, 0.3) is 0 Å². The van der Waals surface area contributed by atoms with Crippen LogP contribution in [-0.2, 0) is 16.6 Å². The highest BCUT2D eigenvalue weighted by atomic mass is 32.2. The quantitative estimate of drug-likeness (QED) is 0.725. The molecule has 1 unspecified atom stereocenters. The molecule has 0 radical (unpaired) electrons. The number of hydrogen-bond acceptors (Lipinski definition) is 4. The van der Waals surface area contributed by atoms with Crippen molar-refractivity contribution in [1.82, 2.24) is 10.0 Å². The van der Waals surface area contributed by atoms with Gasteiger partial charge >= 0.3 is 0 Å². The van der Waals surface area contributed by atoms with Crippen molar-refractivity contribution in [2.24, 2.45) is 5.92 Å². The molecule has 2 N–H and O–H groups in total. The second kappa shape index (κ2) is 6.56. The lowest BCUT2D eigenvalue weighted by atomic mass is 10.2. The standard InChI is InChI=1S/C14H24N2O2S2/c1-4-7-15-9-13-8-14(11(3)19-13)20(17,18)16-10(2)12-5-6-12/h8,10,12,15-16H,4-7,9H2,1-3H3. The first kappa shape index (κ1) is 15.9. The molecular weight excluding hydrogens is 292 g/mol. The molecule has 1 aromatic heterocycles. The summed E-state index contributed by atoms with van der Waals surface area (Å²) in [5, 5.41) is 3.31. The Hall–Kier alpha value is -0.430. The topological polar surface area (TPSA) is 58.2 Å². The van der Waals surface area contributed by atoms with E-state index in [1.54, 1.807) is 11.3 Å². The predicted octanol–water partition coefficient (Wildman–Crippen LogP) is 2.63. The molecule has 0 bridgehead atoms. The maximum Gasteiger partial charge on any atom is 0.241 e. The van der Waals surface area contributed by atoms with Crippen molar-refractivity contribution in [3.63, 3.8) is 0 Å². The minimum Gasteiger partial charge on any atom is -0.312 e. The van der Waals surface area contributed by atoms with E-state index in [0.29, 0.717) is 10.8 Å². The zero-order chi connectivity index (χ0) is 14.8. The van der Waals surface area contributed by atoms with Crippen LogP contribution in [0.15, 0.2) is 11.0 Å². The van der Waals surface area contributed by atoms with E-state index < -0.39 is 10.0 Å². The molecule has 1 fully saturated rings. The van der Waals surface area contributed by atoms with Gasteiger partial charge in [0.05, 0.1) is 4.90 Å². The fourth-order valence-electron chi connectivity index (χ4n) is 2.27. The summed E-state index contributed by atoms with van der Waals surface area (Å²) in [5.41, 5.74) is 0. The third kappa shape index (κ3) is 4.04. The van der Waals surface area contributed by atoms with Gasteiger partial charge in [-0.25, -0.2) is 13.1 Å². The maximum atomic E-state index is 12.4. The van der Waals surface area contributed by atoms with E-state index in [-0.39, 0.29) is 6.04 Å². The molecule has 0 saturated heterocycles. The van der Waals surface area contributed by atoms with Crippen molar-refractivity contribution in [3.8, 4) is 0 Å². The van der Waals surface area contributed by atoms with Gasteiger partial charge in [-0.2, -0.15) is 0 Å². The molecule has 2 rings (SSSR count). The van der Waals surface area contributed by atoms with E-state index in [1.807, 2.05) is 19.9 Å². The second-order valence-corrected chi connectivity index (χ2v) is 8.58. The molecule has 1 atom stereocenters. The van der Waals surface area contributed by atoms with Crippen LogP contribution in [0.25, 0.3) is 0 Å². The number of hydrogen-bond donors (Lipinski definition) is 2. The minimum atomic E-state index is -3.37. The number of sulfonamides is 1. The smallest absolute Gasteiger partial charge is 0.241 e. The molecule has 0 aromatic carbocycles. The molecule has 6 heteroatoms. The molecule has 114 valence electrons. The summed E-state index contributed by atoms with van der Waals surface area (Å²) in [6.45, 7) is 7.65. The van der Waals surface area contributed by atoms with Crippen LogP contribution in [-0.4, -0.2) is 21.0 Å². The summed E-state index contributed by atoms with van der Waals surface area (Å²) in [7, 11) is -3.37. The molecule has 1 heterocycles. The normalized spacial score (nSPS) is 17.4. The number of thiophene rings is 1. The molecular formula is C14H24N2O2S2. The van der Waals surface area contributed by atoms with E-state index in [1.165, 1.54) is 0 Å². The van der Waals surface area contributed by atoms with Gasteiger partial charge in [0.1, 0.15) is 0 Å². The SMILES string of the molecule is CCCNCc1cc(S(=O)(=O)NC(C)C2CC2)c(C)s1. The molecule has 0 amide bonds. The van der Waals surface area contributed by atoms with Crippen molar-refractivity contribution in [2.45, 2.75) is 57.5 Å². The van der Waals surface area contributed by atoms with Crippen LogP contribution in [0.3, 0.4) is 0 Å². The van der Waals surface area contributed by atoms with Crippen LogP contribution in [0, 0.1) is 12.8 Å². The van der Waals surface area contributed by atoms with Crippen molar-refractivity contribution < 1.29 is 8.42 Å². The first-order valence-corrected chi connectivity index (χ1v) is 9.56. The van der Waals surface area contributed by atoms with Gasteiger partial charge < -0.3 is 5.32 Å². The van der Waals surface area contributed by atoms with Crippen LogP contribution in [0.5, 0.6) is 0 Å². The predicted molar refractivity (Wildman–Crippen MR) is 83.6 cm³/mol. The Labute approximate surface area is 126 Å². The van der Waals surface area contributed by atoms with Crippen molar-refractivity contribution in [3.05, 3.63) is 15.8 Å². The van der Waals surface area contributed by atoms with Crippen LogP contribution in [0.2, 0.25) is 0 Å². The number of nitrogens with one attached hydrogen (secondary N) is 2. The number of rotatable bonds is 8. The Morgan fingerprint density at radius 3 is 2.75 bits per heavy atom. The van der Waals surface area contributed by atoms with Gasteiger partial charge in [-0.05, 0) is 51.6 Å². The van der Waals surface area contributed by atoms with Gasteiger partial charge in [-0.1, -0.05) is 6.92 Å². The summed E-state index contributed by atoms with van der Waals surface area (Å²) in [6, 6.07) is 1.85. The summed E-state index contributed by atoms with van der Waals surface area (Å²) >= 11 is 1.56. The monoisotopic (exact) mass is 316 g/mol. The molecule has 0 spiro atoms. The average molecular weight is 316 g/mol. The zero-order valence-electron chi connectivity index (χ0n) is 12.4. The molecule has 1 aliphatic carbocycles. The van der Waals surface area contributed by atoms with Crippen LogP contribution in [0.1, 0.15) is 42.9 Å². The van der Waals surface area contributed by atoms with Gasteiger partial charge in [-0.3, -0.25) is 0 Å². The number of aryl methyl sites for hydroxylation is 1. The zero-order valence-corrected chi connectivity index (χ0v) is 14.0. The molecule has 20 heavy (non-hydrogen) atoms. The van der Waals surface area contributed by atoms with E-state index in [4.69, 9.17) is 0 Å².